The Hall–Kier alpha value is -3.51. The summed E-state index contributed by atoms with van der Waals surface area (Å²) in [5.41, 5.74) is 1.01. The molecule has 0 radical (unpaired) electrons. The number of benzene rings is 2. The molecule has 6 nitrogen and oxygen atoms in total. The molecule has 0 aliphatic rings. The SMILES string of the molecule is C=CCNC(C=C)c1n[nH]c(=O)n1-c1ccccc1C(=O)c1ccccc1. The summed E-state index contributed by atoms with van der Waals surface area (Å²) in [6, 6.07) is 15.5. The molecule has 0 amide bonds. The second-order valence-corrected chi connectivity index (χ2v) is 5.84. The van der Waals surface area contributed by atoms with E-state index in [0.29, 0.717) is 29.2 Å². The van der Waals surface area contributed by atoms with Gasteiger partial charge in [0.15, 0.2) is 11.6 Å². The quantitative estimate of drug-likeness (QED) is 0.478. The van der Waals surface area contributed by atoms with Crippen molar-refractivity contribution in [3.05, 3.63) is 107 Å². The number of aromatic amines is 1. The van der Waals surface area contributed by atoms with Crippen LogP contribution in [0.15, 0.2) is 84.7 Å². The first-order valence-corrected chi connectivity index (χ1v) is 8.50. The fourth-order valence-corrected chi connectivity index (χ4v) is 2.85. The Bertz CT molecular complexity index is 1020. The highest BCUT2D eigenvalue weighted by molar-refractivity contribution is 6.11. The number of H-pyrrole nitrogens is 1. The molecule has 3 rings (SSSR count). The van der Waals surface area contributed by atoms with E-state index in [1.54, 1.807) is 60.7 Å². The summed E-state index contributed by atoms with van der Waals surface area (Å²) in [6.45, 7) is 8.00. The van der Waals surface area contributed by atoms with Gasteiger partial charge in [-0.2, -0.15) is 5.10 Å². The van der Waals surface area contributed by atoms with Gasteiger partial charge in [0.2, 0.25) is 0 Å². The van der Waals surface area contributed by atoms with Crippen LogP contribution in [0.4, 0.5) is 0 Å². The molecule has 2 aromatic carbocycles. The number of para-hydroxylation sites is 1. The van der Waals surface area contributed by atoms with Crippen molar-refractivity contribution in [1.29, 1.82) is 0 Å². The van der Waals surface area contributed by atoms with Crippen molar-refractivity contribution in [2.75, 3.05) is 6.54 Å². The van der Waals surface area contributed by atoms with Crippen LogP contribution in [0.2, 0.25) is 0 Å². The van der Waals surface area contributed by atoms with Crippen LogP contribution in [0, 0.1) is 0 Å². The lowest BCUT2D eigenvalue weighted by atomic mass is 10.0. The van der Waals surface area contributed by atoms with Crippen LogP contribution in [0.3, 0.4) is 0 Å². The molecule has 27 heavy (non-hydrogen) atoms. The molecule has 136 valence electrons. The van der Waals surface area contributed by atoms with E-state index in [1.807, 2.05) is 6.07 Å². The maximum absolute atomic E-state index is 13.0. The van der Waals surface area contributed by atoms with Gasteiger partial charge in [-0.1, -0.05) is 54.6 Å². The molecule has 1 unspecified atom stereocenters. The van der Waals surface area contributed by atoms with E-state index in [1.165, 1.54) is 4.57 Å². The smallest absolute Gasteiger partial charge is 0.301 e. The Kier molecular flexibility index (Phi) is 5.58. The van der Waals surface area contributed by atoms with Crippen molar-refractivity contribution in [3.63, 3.8) is 0 Å². The second-order valence-electron chi connectivity index (χ2n) is 5.84. The summed E-state index contributed by atoms with van der Waals surface area (Å²) in [4.78, 5) is 25.5. The number of carbonyl (C=O) groups excluding carboxylic acids is 1. The van der Waals surface area contributed by atoms with E-state index >= 15 is 0 Å². The molecule has 0 aliphatic heterocycles. The number of hydrogen-bond acceptors (Lipinski definition) is 4. The van der Waals surface area contributed by atoms with Crippen molar-refractivity contribution in [3.8, 4) is 5.69 Å². The van der Waals surface area contributed by atoms with Gasteiger partial charge in [0.1, 0.15) is 0 Å². The Labute approximate surface area is 156 Å². The highest BCUT2D eigenvalue weighted by atomic mass is 16.2. The van der Waals surface area contributed by atoms with Crippen LogP contribution >= 0.6 is 0 Å². The van der Waals surface area contributed by atoms with Gasteiger partial charge in [0.05, 0.1) is 11.7 Å². The third kappa shape index (κ3) is 3.70. The zero-order chi connectivity index (χ0) is 19.2. The predicted molar refractivity (Wildman–Crippen MR) is 105 cm³/mol. The summed E-state index contributed by atoms with van der Waals surface area (Å²) < 4.78 is 1.40. The number of nitrogens with zero attached hydrogens (tertiary/aromatic N) is 2. The highest BCUT2D eigenvalue weighted by Gasteiger charge is 2.22. The molecule has 0 saturated heterocycles. The van der Waals surface area contributed by atoms with Crippen LogP contribution in [-0.4, -0.2) is 27.1 Å². The summed E-state index contributed by atoms with van der Waals surface area (Å²) >= 11 is 0. The average Bonchev–Trinajstić information content (AvgIpc) is 3.10. The van der Waals surface area contributed by atoms with Crippen LogP contribution in [0.5, 0.6) is 0 Å². The maximum atomic E-state index is 13.0. The molecule has 1 heterocycles. The fraction of sp³-hybridized carbons (Fsp3) is 0.0952. The minimum atomic E-state index is -0.425. The number of nitrogens with one attached hydrogen (secondary N) is 2. The van der Waals surface area contributed by atoms with Crippen molar-refractivity contribution < 1.29 is 4.79 Å². The minimum Gasteiger partial charge on any atom is -0.301 e. The molecular formula is C21H20N4O2. The minimum absolute atomic E-state index is 0.167. The average molecular weight is 360 g/mol. The van der Waals surface area contributed by atoms with Crippen LogP contribution in [0.25, 0.3) is 5.69 Å². The first-order chi connectivity index (χ1) is 13.2. The largest absolute Gasteiger partial charge is 0.348 e. The molecule has 0 spiro atoms. The highest BCUT2D eigenvalue weighted by Crippen LogP contribution is 2.21. The van der Waals surface area contributed by atoms with Gasteiger partial charge in [0.25, 0.3) is 0 Å². The van der Waals surface area contributed by atoms with Crippen molar-refractivity contribution in [1.82, 2.24) is 20.1 Å². The van der Waals surface area contributed by atoms with Gasteiger partial charge in [0, 0.05) is 17.7 Å². The second kappa shape index (κ2) is 8.25. The normalized spacial score (nSPS) is 11.7. The van der Waals surface area contributed by atoms with Crippen LogP contribution in [-0.2, 0) is 0 Å². The zero-order valence-electron chi connectivity index (χ0n) is 14.8. The molecule has 1 aromatic heterocycles. The summed E-state index contributed by atoms with van der Waals surface area (Å²) in [6.07, 6.45) is 3.36. The lowest BCUT2D eigenvalue weighted by molar-refractivity contribution is 0.103. The van der Waals surface area contributed by atoms with Gasteiger partial charge in [-0.25, -0.2) is 14.5 Å². The van der Waals surface area contributed by atoms with Crippen molar-refractivity contribution >= 4 is 5.78 Å². The Morgan fingerprint density at radius 1 is 1.15 bits per heavy atom. The Balaban J connectivity index is 2.12. The van der Waals surface area contributed by atoms with Gasteiger partial charge in [-0.15, -0.1) is 13.2 Å². The monoisotopic (exact) mass is 360 g/mol. The zero-order valence-corrected chi connectivity index (χ0v) is 14.8. The van der Waals surface area contributed by atoms with E-state index < -0.39 is 5.69 Å². The van der Waals surface area contributed by atoms with Crippen LogP contribution < -0.4 is 11.0 Å². The lowest BCUT2D eigenvalue weighted by Crippen LogP contribution is -2.26. The summed E-state index contributed by atoms with van der Waals surface area (Å²) in [5, 5.41) is 9.78. The van der Waals surface area contributed by atoms with Crippen molar-refractivity contribution in [2.45, 2.75) is 6.04 Å². The first kappa shape index (κ1) is 18.3. The number of ketones is 1. The molecule has 1 atom stereocenters. The van der Waals surface area contributed by atoms with E-state index in [4.69, 9.17) is 0 Å². The lowest BCUT2D eigenvalue weighted by Gasteiger charge is -2.16. The molecule has 0 aliphatic carbocycles. The third-order valence-electron chi connectivity index (χ3n) is 4.12. The fourth-order valence-electron chi connectivity index (χ4n) is 2.85. The third-order valence-corrected chi connectivity index (χ3v) is 4.12. The van der Waals surface area contributed by atoms with E-state index in [-0.39, 0.29) is 11.8 Å². The van der Waals surface area contributed by atoms with Gasteiger partial charge in [-0.3, -0.25) is 4.79 Å². The van der Waals surface area contributed by atoms with Gasteiger partial charge in [-0.05, 0) is 12.1 Å². The van der Waals surface area contributed by atoms with Crippen molar-refractivity contribution in [2.24, 2.45) is 0 Å². The predicted octanol–water partition coefficient (Wildman–Crippen LogP) is 2.79. The Morgan fingerprint density at radius 2 is 1.85 bits per heavy atom. The molecule has 0 bridgehead atoms. The standard InChI is InChI=1S/C21H20N4O2/c1-3-14-22-17(4-2)20-23-24-21(27)25(20)18-13-9-8-12-16(18)19(26)15-10-6-5-7-11-15/h3-13,17,22H,1-2,14H2,(H,24,27). The summed E-state index contributed by atoms with van der Waals surface area (Å²) in [5.74, 6) is 0.254. The molecule has 0 fully saturated rings. The topological polar surface area (TPSA) is 79.8 Å². The molecule has 3 aromatic rings. The number of hydrogen-bond donors (Lipinski definition) is 2. The van der Waals surface area contributed by atoms with E-state index in [9.17, 15) is 9.59 Å². The van der Waals surface area contributed by atoms with E-state index in [0.717, 1.165) is 0 Å². The van der Waals surface area contributed by atoms with E-state index in [2.05, 4.69) is 28.7 Å². The number of aromatic nitrogens is 3. The van der Waals surface area contributed by atoms with Gasteiger partial charge < -0.3 is 5.32 Å². The molecule has 2 N–H and O–H groups in total. The molecular weight excluding hydrogens is 340 g/mol. The Morgan fingerprint density at radius 3 is 2.56 bits per heavy atom. The summed E-state index contributed by atoms with van der Waals surface area (Å²) in [7, 11) is 0. The number of rotatable bonds is 8. The first-order valence-electron chi connectivity index (χ1n) is 8.50. The maximum Gasteiger partial charge on any atom is 0.348 e. The molecule has 0 saturated carbocycles. The molecule has 6 heteroatoms. The van der Waals surface area contributed by atoms with Crippen LogP contribution in [0.1, 0.15) is 27.8 Å². The van der Waals surface area contributed by atoms with Gasteiger partial charge >= 0.3 is 5.69 Å². The number of carbonyl (C=O) groups is 1.